The van der Waals surface area contributed by atoms with Gasteiger partial charge in [0.2, 0.25) is 10.0 Å². The van der Waals surface area contributed by atoms with Crippen LogP contribution in [-0.4, -0.2) is 57.2 Å². The van der Waals surface area contributed by atoms with Crippen LogP contribution in [0.3, 0.4) is 0 Å². The number of hydrogen-bond donors (Lipinski definition) is 0. The predicted molar refractivity (Wildman–Crippen MR) is 102 cm³/mol. The third kappa shape index (κ3) is 3.95. The Labute approximate surface area is 160 Å². The zero-order valence-electron chi connectivity index (χ0n) is 16.0. The van der Waals surface area contributed by atoms with Gasteiger partial charge in [-0.15, -0.1) is 0 Å². The lowest BCUT2D eigenvalue weighted by Gasteiger charge is -2.31. The molecule has 27 heavy (non-hydrogen) atoms. The van der Waals surface area contributed by atoms with E-state index in [1.165, 1.54) is 10.6 Å². The molecule has 3 rings (SSSR count). The molecule has 0 radical (unpaired) electrons. The lowest BCUT2D eigenvalue weighted by atomic mass is 9.97. The minimum absolute atomic E-state index is 0.128. The number of benzene rings is 1. The predicted octanol–water partition coefficient (Wildman–Crippen LogP) is 1.81. The van der Waals surface area contributed by atoms with E-state index in [0.29, 0.717) is 37.4 Å². The van der Waals surface area contributed by atoms with Crippen LogP contribution in [0, 0.1) is 5.92 Å². The number of hydrogen-bond acceptors (Lipinski definition) is 5. The van der Waals surface area contributed by atoms with Gasteiger partial charge in [-0.2, -0.15) is 0 Å². The van der Waals surface area contributed by atoms with Gasteiger partial charge in [0, 0.05) is 24.7 Å². The van der Waals surface area contributed by atoms with Crippen LogP contribution in [-0.2, 0) is 26.0 Å². The maximum atomic E-state index is 12.9. The van der Waals surface area contributed by atoms with Gasteiger partial charge in [-0.3, -0.25) is 13.9 Å². The van der Waals surface area contributed by atoms with Crippen LogP contribution in [0.5, 0.6) is 0 Å². The molecule has 0 N–H and O–H groups in total. The summed E-state index contributed by atoms with van der Waals surface area (Å²) in [7, 11) is -3.35. The van der Waals surface area contributed by atoms with Crippen molar-refractivity contribution in [1.29, 1.82) is 0 Å². The number of nitrogens with zero attached hydrogens (tertiary/aromatic N) is 2. The Hall–Kier alpha value is -2.09. The highest BCUT2D eigenvalue weighted by Gasteiger charge is 2.34. The number of esters is 1. The van der Waals surface area contributed by atoms with E-state index in [1.54, 1.807) is 30.0 Å². The van der Waals surface area contributed by atoms with E-state index < -0.39 is 10.0 Å². The van der Waals surface area contributed by atoms with Gasteiger partial charge in [-0.05, 0) is 56.9 Å². The largest absolute Gasteiger partial charge is 0.466 e. The molecule has 1 aromatic carbocycles. The minimum atomic E-state index is -3.35. The van der Waals surface area contributed by atoms with E-state index in [1.807, 2.05) is 6.92 Å². The molecule has 2 heterocycles. The maximum absolute atomic E-state index is 12.9. The second-order valence-corrected chi connectivity index (χ2v) is 9.16. The van der Waals surface area contributed by atoms with Crippen LogP contribution in [0.15, 0.2) is 18.2 Å². The fourth-order valence-corrected chi connectivity index (χ4v) is 5.30. The number of ether oxygens (including phenoxy) is 1. The maximum Gasteiger partial charge on any atom is 0.310 e. The summed E-state index contributed by atoms with van der Waals surface area (Å²) in [5.41, 5.74) is 2.03. The average molecular weight is 394 g/mol. The van der Waals surface area contributed by atoms with Crippen molar-refractivity contribution in [2.75, 3.05) is 30.3 Å². The summed E-state index contributed by atoms with van der Waals surface area (Å²) in [6.45, 7) is 4.94. The number of anilines is 1. The number of carbonyl (C=O) groups excluding carboxylic acids is 2. The summed E-state index contributed by atoms with van der Waals surface area (Å²) in [6.07, 6.45) is 3.27. The molecule has 8 heteroatoms. The first kappa shape index (κ1) is 19.7. The van der Waals surface area contributed by atoms with Crippen molar-refractivity contribution in [3.05, 3.63) is 29.3 Å². The molecule has 7 nitrogen and oxygen atoms in total. The molecule has 1 saturated heterocycles. The van der Waals surface area contributed by atoms with E-state index >= 15 is 0 Å². The van der Waals surface area contributed by atoms with Gasteiger partial charge in [0.1, 0.15) is 0 Å². The van der Waals surface area contributed by atoms with Crippen molar-refractivity contribution in [2.45, 2.75) is 39.2 Å². The number of amides is 1. The molecule has 0 spiro atoms. The average Bonchev–Trinajstić information content (AvgIpc) is 2.96. The molecular formula is C19H26N2O5S. The lowest BCUT2D eigenvalue weighted by molar-refractivity contribution is -0.149. The van der Waals surface area contributed by atoms with Crippen molar-refractivity contribution in [1.82, 2.24) is 4.90 Å². The summed E-state index contributed by atoms with van der Waals surface area (Å²) < 4.78 is 30.6. The van der Waals surface area contributed by atoms with Crippen LogP contribution in [0.4, 0.5) is 5.69 Å². The smallest absolute Gasteiger partial charge is 0.310 e. The zero-order valence-corrected chi connectivity index (χ0v) is 16.8. The molecule has 2 aliphatic heterocycles. The quantitative estimate of drug-likeness (QED) is 0.728. The normalized spacial score (nSPS) is 22.5. The molecule has 0 aromatic heterocycles. The van der Waals surface area contributed by atoms with Gasteiger partial charge in [0.05, 0.1) is 24.5 Å². The van der Waals surface area contributed by atoms with Crippen molar-refractivity contribution >= 4 is 27.6 Å². The van der Waals surface area contributed by atoms with Crippen molar-refractivity contribution < 1.29 is 22.7 Å². The monoisotopic (exact) mass is 394 g/mol. The molecule has 1 aromatic rings. The molecule has 0 bridgehead atoms. The fraction of sp³-hybridized carbons (Fsp3) is 0.579. The summed E-state index contributed by atoms with van der Waals surface area (Å²) in [4.78, 5) is 26.6. The number of likely N-dealkylation sites (tertiary alicyclic amines) is 1. The number of fused-ring (bicyclic) bond motifs is 1. The number of sulfonamides is 1. The molecule has 2 atom stereocenters. The molecule has 1 fully saturated rings. The van der Waals surface area contributed by atoms with Crippen LogP contribution >= 0.6 is 0 Å². The minimum Gasteiger partial charge on any atom is -0.466 e. The second kappa shape index (κ2) is 7.50. The molecule has 148 valence electrons. The Balaban J connectivity index is 1.79. The number of piperidine rings is 1. The molecule has 0 unspecified atom stereocenters. The third-order valence-corrected chi connectivity index (χ3v) is 6.44. The Morgan fingerprint density at radius 2 is 2.04 bits per heavy atom. The third-order valence-electron chi connectivity index (χ3n) is 5.17. The fourth-order valence-electron chi connectivity index (χ4n) is 4.04. The Bertz CT molecular complexity index is 852. The molecule has 1 amide bonds. The molecule has 0 saturated carbocycles. The Kier molecular flexibility index (Phi) is 5.46. The van der Waals surface area contributed by atoms with Gasteiger partial charge in [0.25, 0.3) is 5.91 Å². The van der Waals surface area contributed by atoms with Crippen molar-refractivity contribution in [3.63, 3.8) is 0 Å². The first-order valence-electron chi connectivity index (χ1n) is 9.30. The van der Waals surface area contributed by atoms with Crippen LogP contribution < -0.4 is 4.31 Å². The Morgan fingerprint density at radius 1 is 1.30 bits per heavy atom. The van der Waals surface area contributed by atoms with E-state index in [9.17, 15) is 18.0 Å². The SMILES string of the molecule is CCOC(=O)[C@H]1CCCN(C(=O)c2ccc3c(c2)C[C@@H](C)N3S(C)(=O)=O)C1. The second-order valence-electron chi connectivity index (χ2n) is 7.30. The van der Waals surface area contributed by atoms with Gasteiger partial charge >= 0.3 is 5.97 Å². The van der Waals surface area contributed by atoms with Gasteiger partial charge in [-0.25, -0.2) is 8.42 Å². The van der Waals surface area contributed by atoms with Crippen LogP contribution in [0.25, 0.3) is 0 Å². The topological polar surface area (TPSA) is 84.0 Å². The highest BCUT2D eigenvalue weighted by atomic mass is 32.2. The first-order chi connectivity index (χ1) is 12.7. The van der Waals surface area contributed by atoms with Gasteiger partial charge in [-0.1, -0.05) is 0 Å². The van der Waals surface area contributed by atoms with Crippen molar-refractivity contribution in [3.8, 4) is 0 Å². The number of rotatable bonds is 4. The first-order valence-corrected chi connectivity index (χ1v) is 11.2. The lowest BCUT2D eigenvalue weighted by Crippen LogP contribution is -2.42. The van der Waals surface area contributed by atoms with E-state index in [0.717, 1.165) is 18.4 Å². The van der Waals surface area contributed by atoms with Crippen LogP contribution in [0.2, 0.25) is 0 Å². The highest BCUT2D eigenvalue weighted by molar-refractivity contribution is 7.92. The summed E-state index contributed by atoms with van der Waals surface area (Å²) in [5.74, 6) is -0.656. The summed E-state index contributed by atoms with van der Waals surface area (Å²) in [5, 5.41) is 0. The molecule has 2 aliphatic rings. The molecule has 0 aliphatic carbocycles. The standard InChI is InChI=1S/C19H26N2O5S/c1-4-26-19(23)15-6-5-9-20(12-15)18(22)14-7-8-17-16(11-14)10-13(2)21(17)27(3,24)25/h7-8,11,13,15H,4-6,9-10,12H2,1-3H3/t13-,15+/m1/s1. The summed E-state index contributed by atoms with van der Waals surface area (Å²) in [6, 6.07) is 5.00. The Morgan fingerprint density at radius 3 is 2.70 bits per heavy atom. The van der Waals surface area contributed by atoms with Gasteiger partial charge in [0.15, 0.2) is 0 Å². The number of carbonyl (C=O) groups is 2. The van der Waals surface area contributed by atoms with Gasteiger partial charge < -0.3 is 9.64 Å². The van der Waals surface area contributed by atoms with E-state index in [4.69, 9.17) is 4.74 Å². The van der Waals surface area contributed by atoms with E-state index in [2.05, 4.69) is 0 Å². The highest BCUT2D eigenvalue weighted by Crippen LogP contribution is 2.35. The zero-order chi connectivity index (χ0) is 19.8. The van der Waals surface area contributed by atoms with E-state index in [-0.39, 0.29) is 23.8 Å². The summed E-state index contributed by atoms with van der Waals surface area (Å²) >= 11 is 0. The van der Waals surface area contributed by atoms with Crippen LogP contribution in [0.1, 0.15) is 42.6 Å². The van der Waals surface area contributed by atoms with Crippen molar-refractivity contribution in [2.24, 2.45) is 5.92 Å². The molecular weight excluding hydrogens is 368 g/mol.